The fourth-order valence-corrected chi connectivity index (χ4v) is 2.40. The standard InChI is InChI=1S/C12H24N2OS/c1-10-5-7-14(9-11(10)2)12(15)13-6-4-8-16-3/h10-11H,4-9H2,1-3H3,(H,13,15). The van der Waals surface area contributed by atoms with Crippen LogP contribution in [0.15, 0.2) is 0 Å². The predicted molar refractivity (Wildman–Crippen MR) is 70.9 cm³/mol. The van der Waals surface area contributed by atoms with Crippen LogP contribution in [-0.4, -0.2) is 42.6 Å². The number of rotatable bonds is 4. The van der Waals surface area contributed by atoms with Gasteiger partial charge in [-0.25, -0.2) is 4.79 Å². The number of hydrogen-bond donors (Lipinski definition) is 1. The molecule has 94 valence electrons. The topological polar surface area (TPSA) is 32.3 Å². The summed E-state index contributed by atoms with van der Waals surface area (Å²) in [5.74, 6) is 2.50. The molecule has 1 saturated heterocycles. The molecular weight excluding hydrogens is 220 g/mol. The minimum atomic E-state index is 0.125. The lowest BCUT2D eigenvalue weighted by molar-refractivity contribution is 0.144. The Hall–Kier alpha value is -0.380. The van der Waals surface area contributed by atoms with E-state index < -0.39 is 0 Å². The third-order valence-corrected chi connectivity index (χ3v) is 4.12. The van der Waals surface area contributed by atoms with Crippen LogP contribution in [0.2, 0.25) is 0 Å². The van der Waals surface area contributed by atoms with Gasteiger partial charge in [0.1, 0.15) is 0 Å². The summed E-state index contributed by atoms with van der Waals surface area (Å²) in [6, 6.07) is 0.125. The van der Waals surface area contributed by atoms with E-state index in [0.717, 1.165) is 44.1 Å². The lowest BCUT2D eigenvalue weighted by atomic mass is 9.89. The molecule has 0 aliphatic carbocycles. The highest BCUT2D eigenvalue weighted by molar-refractivity contribution is 7.98. The highest BCUT2D eigenvalue weighted by Gasteiger charge is 2.25. The number of nitrogens with one attached hydrogen (secondary N) is 1. The molecule has 1 aliphatic heterocycles. The third kappa shape index (κ3) is 4.24. The molecule has 1 aliphatic rings. The first-order chi connectivity index (χ1) is 7.65. The molecular formula is C12H24N2OS. The average Bonchev–Trinajstić information content (AvgIpc) is 2.28. The van der Waals surface area contributed by atoms with Gasteiger partial charge in [-0.3, -0.25) is 0 Å². The van der Waals surface area contributed by atoms with E-state index in [1.54, 1.807) is 0 Å². The smallest absolute Gasteiger partial charge is 0.317 e. The second-order valence-electron chi connectivity index (χ2n) is 4.77. The summed E-state index contributed by atoms with van der Waals surface area (Å²) in [5, 5.41) is 3.00. The molecule has 1 heterocycles. The maximum atomic E-state index is 11.8. The average molecular weight is 244 g/mol. The molecule has 1 N–H and O–H groups in total. The quantitative estimate of drug-likeness (QED) is 0.770. The van der Waals surface area contributed by atoms with Crippen molar-refractivity contribution in [3.8, 4) is 0 Å². The Balaban J connectivity index is 2.21. The molecule has 0 bridgehead atoms. The van der Waals surface area contributed by atoms with Gasteiger partial charge in [0, 0.05) is 19.6 Å². The van der Waals surface area contributed by atoms with Crippen LogP contribution in [0.25, 0.3) is 0 Å². The molecule has 0 spiro atoms. The Labute approximate surface area is 103 Å². The second-order valence-corrected chi connectivity index (χ2v) is 5.75. The lowest BCUT2D eigenvalue weighted by Gasteiger charge is -2.35. The van der Waals surface area contributed by atoms with Crippen molar-refractivity contribution >= 4 is 17.8 Å². The van der Waals surface area contributed by atoms with E-state index in [1.165, 1.54) is 0 Å². The van der Waals surface area contributed by atoms with Crippen molar-refractivity contribution < 1.29 is 4.79 Å². The maximum absolute atomic E-state index is 11.8. The molecule has 0 aromatic rings. The van der Waals surface area contributed by atoms with Gasteiger partial charge in [-0.05, 0) is 36.7 Å². The first-order valence-corrected chi connectivity index (χ1v) is 7.56. The SMILES string of the molecule is CSCCCNC(=O)N1CCC(C)C(C)C1. The normalized spacial score (nSPS) is 25.6. The van der Waals surface area contributed by atoms with Crippen LogP contribution in [0.3, 0.4) is 0 Å². The number of likely N-dealkylation sites (tertiary alicyclic amines) is 1. The van der Waals surface area contributed by atoms with Crippen LogP contribution in [-0.2, 0) is 0 Å². The van der Waals surface area contributed by atoms with Crippen molar-refractivity contribution in [1.29, 1.82) is 0 Å². The van der Waals surface area contributed by atoms with E-state index in [4.69, 9.17) is 0 Å². The second kappa shape index (κ2) is 7.05. The molecule has 16 heavy (non-hydrogen) atoms. The molecule has 0 aromatic heterocycles. The van der Waals surface area contributed by atoms with Gasteiger partial charge in [-0.2, -0.15) is 11.8 Å². The summed E-state index contributed by atoms with van der Waals surface area (Å²) in [5.41, 5.74) is 0. The maximum Gasteiger partial charge on any atom is 0.317 e. The number of carbonyl (C=O) groups is 1. The Morgan fingerprint density at radius 1 is 1.44 bits per heavy atom. The highest BCUT2D eigenvalue weighted by atomic mass is 32.2. The van der Waals surface area contributed by atoms with Crippen LogP contribution in [0.1, 0.15) is 26.7 Å². The fraction of sp³-hybridized carbons (Fsp3) is 0.917. The third-order valence-electron chi connectivity index (χ3n) is 3.42. The van der Waals surface area contributed by atoms with Crippen molar-refractivity contribution in [3.05, 3.63) is 0 Å². The van der Waals surface area contributed by atoms with Crippen molar-refractivity contribution in [1.82, 2.24) is 10.2 Å². The Kier molecular flexibility index (Phi) is 6.03. The number of carbonyl (C=O) groups excluding carboxylic acids is 1. The van der Waals surface area contributed by atoms with E-state index in [1.807, 2.05) is 16.7 Å². The number of amides is 2. The van der Waals surface area contributed by atoms with E-state index >= 15 is 0 Å². The van der Waals surface area contributed by atoms with Gasteiger partial charge >= 0.3 is 6.03 Å². The first kappa shape index (κ1) is 13.7. The number of nitrogens with zero attached hydrogens (tertiary/aromatic N) is 1. The van der Waals surface area contributed by atoms with Gasteiger partial charge in [0.15, 0.2) is 0 Å². The van der Waals surface area contributed by atoms with Gasteiger partial charge < -0.3 is 10.2 Å². The largest absolute Gasteiger partial charge is 0.338 e. The monoisotopic (exact) mass is 244 g/mol. The molecule has 0 aromatic carbocycles. The summed E-state index contributed by atoms with van der Waals surface area (Å²) in [6.07, 6.45) is 4.29. The van der Waals surface area contributed by atoms with Gasteiger partial charge in [0.05, 0.1) is 0 Å². The molecule has 1 fully saturated rings. The highest BCUT2D eigenvalue weighted by Crippen LogP contribution is 2.22. The van der Waals surface area contributed by atoms with E-state index in [9.17, 15) is 4.79 Å². The summed E-state index contributed by atoms with van der Waals surface area (Å²) in [4.78, 5) is 13.8. The van der Waals surface area contributed by atoms with Crippen molar-refractivity contribution in [3.63, 3.8) is 0 Å². The van der Waals surface area contributed by atoms with E-state index in [-0.39, 0.29) is 6.03 Å². The summed E-state index contributed by atoms with van der Waals surface area (Å²) < 4.78 is 0. The molecule has 4 heteroatoms. The van der Waals surface area contributed by atoms with Crippen LogP contribution in [0.5, 0.6) is 0 Å². The van der Waals surface area contributed by atoms with Crippen LogP contribution in [0, 0.1) is 11.8 Å². The van der Waals surface area contributed by atoms with Gasteiger partial charge in [0.2, 0.25) is 0 Å². The van der Waals surface area contributed by atoms with E-state index in [2.05, 4.69) is 25.4 Å². The molecule has 3 nitrogen and oxygen atoms in total. The lowest BCUT2D eigenvalue weighted by Crippen LogP contribution is -2.47. The number of hydrogen-bond acceptors (Lipinski definition) is 2. The minimum absolute atomic E-state index is 0.125. The van der Waals surface area contributed by atoms with Crippen molar-refractivity contribution in [2.75, 3.05) is 31.6 Å². The summed E-state index contributed by atoms with van der Waals surface area (Å²) in [7, 11) is 0. The molecule has 2 atom stereocenters. The molecule has 0 radical (unpaired) electrons. The molecule has 2 unspecified atom stereocenters. The summed E-state index contributed by atoms with van der Waals surface area (Å²) in [6.45, 7) is 7.14. The Morgan fingerprint density at radius 3 is 2.81 bits per heavy atom. The molecule has 0 saturated carbocycles. The zero-order chi connectivity index (χ0) is 12.0. The van der Waals surface area contributed by atoms with Crippen molar-refractivity contribution in [2.24, 2.45) is 11.8 Å². The predicted octanol–water partition coefficient (Wildman–Crippen LogP) is 2.43. The number of urea groups is 1. The van der Waals surface area contributed by atoms with Crippen LogP contribution < -0.4 is 5.32 Å². The number of thioether (sulfide) groups is 1. The Bertz CT molecular complexity index is 223. The van der Waals surface area contributed by atoms with Crippen LogP contribution in [0.4, 0.5) is 4.79 Å². The first-order valence-electron chi connectivity index (χ1n) is 6.17. The van der Waals surface area contributed by atoms with Gasteiger partial charge in [-0.1, -0.05) is 13.8 Å². The Morgan fingerprint density at radius 2 is 2.19 bits per heavy atom. The molecule has 2 amide bonds. The number of piperidine rings is 1. The summed E-state index contributed by atoms with van der Waals surface area (Å²) >= 11 is 1.82. The van der Waals surface area contributed by atoms with Gasteiger partial charge in [-0.15, -0.1) is 0 Å². The van der Waals surface area contributed by atoms with Crippen molar-refractivity contribution in [2.45, 2.75) is 26.7 Å². The zero-order valence-electron chi connectivity index (χ0n) is 10.7. The van der Waals surface area contributed by atoms with Crippen LogP contribution >= 0.6 is 11.8 Å². The fourth-order valence-electron chi connectivity index (χ4n) is 1.97. The zero-order valence-corrected chi connectivity index (χ0v) is 11.5. The minimum Gasteiger partial charge on any atom is -0.338 e. The van der Waals surface area contributed by atoms with Gasteiger partial charge in [0.25, 0.3) is 0 Å². The van der Waals surface area contributed by atoms with E-state index in [0.29, 0.717) is 5.92 Å². The molecule has 1 rings (SSSR count).